The molecule has 2 rings (SSSR count). The lowest BCUT2D eigenvalue weighted by Crippen LogP contribution is -1.96. The first kappa shape index (κ1) is 14.6. The molecule has 0 radical (unpaired) electrons. The van der Waals surface area contributed by atoms with Gasteiger partial charge in [-0.3, -0.25) is 4.98 Å². The molecule has 1 aromatic carbocycles. The SMILES string of the molecule is CS(=O)(=O)c1ccc(SCc2ccc(Br)cn2)cc1. The van der Waals surface area contributed by atoms with Crippen molar-refractivity contribution in [2.24, 2.45) is 0 Å². The predicted molar refractivity (Wildman–Crippen MR) is 81.0 cm³/mol. The standard InChI is InChI=1S/C13H12BrNO2S2/c1-19(16,17)13-6-4-12(5-7-13)18-9-11-3-2-10(14)8-15-11/h2-8H,9H2,1H3. The first-order valence-corrected chi connectivity index (χ1v) is 9.15. The molecule has 0 aliphatic heterocycles. The molecule has 0 aliphatic rings. The van der Waals surface area contributed by atoms with E-state index in [2.05, 4.69) is 20.9 Å². The summed E-state index contributed by atoms with van der Waals surface area (Å²) in [5.74, 6) is 0.755. The maximum absolute atomic E-state index is 11.3. The number of halogens is 1. The highest BCUT2D eigenvalue weighted by molar-refractivity contribution is 9.10. The Morgan fingerprint density at radius 3 is 2.37 bits per heavy atom. The van der Waals surface area contributed by atoms with Gasteiger partial charge in [-0.15, -0.1) is 11.8 Å². The minimum Gasteiger partial charge on any atom is -0.259 e. The monoisotopic (exact) mass is 357 g/mol. The highest BCUT2D eigenvalue weighted by Crippen LogP contribution is 2.23. The molecule has 1 heterocycles. The molecule has 19 heavy (non-hydrogen) atoms. The van der Waals surface area contributed by atoms with Crippen LogP contribution in [0.15, 0.2) is 56.9 Å². The van der Waals surface area contributed by atoms with Gasteiger partial charge in [0.2, 0.25) is 0 Å². The van der Waals surface area contributed by atoms with Crippen molar-refractivity contribution in [3.63, 3.8) is 0 Å². The van der Waals surface area contributed by atoms with E-state index < -0.39 is 9.84 Å². The molecule has 0 saturated carbocycles. The van der Waals surface area contributed by atoms with E-state index in [-0.39, 0.29) is 0 Å². The number of hydrogen-bond acceptors (Lipinski definition) is 4. The quantitative estimate of drug-likeness (QED) is 0.785. The summed E-state index contributed by atoms with van der Waals surface area (Å²) in [7, 11) is -3.12. The van der Waals surface area contributed by atoms with E-state index in [0.717, 1.165) is 20.8 Å². The van der Waals surface area contributed by atoms with Crippen LogP contribution in [0.3, 0.4) is 0 Å². The van der Waals surface area contributed by atoms with Gasteiger partial charge >= 0.3 is 0 Å². The van der Waals surface area contributed by atoms with E-state index >= 15 is 0 Å². The zero-order chi connectivity index (χ0) is 13.9. The Labute approximate surface area is 125 Å². The fourth-order valence-corrected chi connectivity index (χ4v) is 3.11. The number of benzene rings is 1. The molecule has 0 N–H and O–H groups in total. The zero-order valence-corrected chi connectivity index (χ0v) is 13.4. The van der Waals surface area contributed by atoms with Crippen molar-refractivity contribution in [1.82, 2.24) is 4.98 Å². The fourth-order valence-electron chi connectivity index (χ4n) is 1.43. The molecule has 100 valence electrons. The Hall–Kier alpha value is -0.850. The van der Waals surface area contributed by atoms with Crippen LogP contribution < -0.4 is 0 Å². The van der Waals surface area contributed by atoms with Gasteiger partial charge in [-0.25, -0.2) is 8.42 Å². The van der Waals surface area contributed by atoms with Crippen LogP contribution in [-0.2, 0) is 15.6 Å². The van der Waals surface area contributed by atoms with Gasteiger partial charge in [0.25, 0.3) is 0 Å². The summed E-state index contributed by atoms with van der Waals surface area (Å²) in [6.45, 7) is 0. The van der Waals surface area contributed by atoms with Gasteiger partial charge in [0, 0.05) is 27.6 Å². The topological polar surface area (TPSA) is 47.0 Å². The third-order valence-corrected chi connectivity index (χ3v) is 5.07. The number of aromatic nitrogens is 1. The first-order chi connectivity index (χ1) is 8.95. The second-order valence-corrected chi connectivity index (χ2v) is 7.98. The molecule has 2 aromatic rings. The van der Waals surface area contributed by atoms with Crippen LogP contribution >= 0.6 is 27.7 Å². The Balaban J connectivity index is 2.02. The number of thioether (sulfide) groups is 1. The zero-order valence-electron chi connectivity index (χ0n) is 10.2. The van der Waals surface area contributed by atoms with E-state index in [0.29, 0.717) is 4.90 Å². The second kappa shape index (κ2) is 6.07. The van der Waals surface area contributed by atoms with Crippen molar-refractivity contribution in [3.05, 3.63) is 52.8 Å². The van der Waals surface area contributed by atoms with Gasteiger partial charge in [0.05, 0.1) is 10.6 Å². The minimum atomic E-state index is -3.12. The molecule has 3 nitrogen and oxygen atoms in total. The third kappa shape index (κ3) is 4.33. The van der Waals surface area contributed by atoms with Crippen molar-refractivity contribution in [2.75, 3.05) is 6.26 Å². The average molecular weight is 358 g/mol. The normalized spacial score (nSPS) is 11.5. The van der Waals surface area contributed by atoms with Crippen LogP contribution in [0.2, 0.25) is 0 Å². The van der Waals surface area contributed by atoms with Crippen molar-refractivity contribution in [3.8, 4) is 0 Å². The summed E-state index contributed by atoms with van der Waals surface area (Å²) in [5, 5.41) is 0. The van der Waals surface area contributed by atoms with Gasteiger partial charge in [0.15, 0.2) is 9.84 Å². The van der Waals surface area contributed by atoms with E-state index in [1.54, 1.807) is 30.1 Å². The Morgan fingerprint density at radius 2 is 1.84 bits per heavy atom. The lowest BCUT2D eigenvalue weighted by atomic mass is 10.4. The Morgan fingerprint density at radius 1 is 1.16 bits per heavy atom. The molecule has 1 aromatic heterocycles. The van der Waals surface area contributed by atoms with E-state index in [9.17, 15) is 8.42 Å². The first-order valence-electron chi connectivity index (χ1n) is 5.48. The molecule has 0 atom stereocenters. The molecule has 0 bridgehead atoms. The summed E-state index contributed by atoms with van der Waals surface area (Å²) in [6, 6.07) is 10.8. The highest BCUT2D eigenvalue weighted by atomic mass is 79.9. The average Bonchev–Trinajstić information content (AvgIpc) is 2.37. The molecule has 0 amide bonds. The van der Waals surface area contributed by atoms with Crippen molar-refractivity contribution >= 4 is 37.5 Å². The number of sulfone groups is 1. The molecular weight excluding hydrogens is 346 g/mol. The van der Waals surface area contributed by atoms with Crippen molar-refractivity contribution in [2.45, 2.75) is 15.5 Å². The second-order valence-electron chi connectivity index (χ2n) is 4.00. The Bertz CT molecular complexity index is 652. The summed E-state index contributed by atoms with van der Waals surface area (Å²) in [5.41, 5.74) is 0.986. The Kier molecular flexibility index (Phi) is 4.65. The summed E-state index contributed by atoms with van der Waals surface area (Å²) in [6.07, 6.45) is 2.98. The lowest BCUT2D eigenvalue weighted by Gasteiger charge is -2.03. The lowest BCUT2D eigenvalue weighted by molar-refractivity contribution is 0.602. The van der Waals surface area contributed by atoms with Gasteiger partial charge in [-0.2, -0.15) is 0 Å². The molecule has 0 spiro atoms. The van der Waals surface area contributed by atoms with Gasteiger partial charge in [-0.1, -0.05) is 0 Å². The third-order valence-electron chi connectivity index (χ3n) is 2.43. The number of hydrogen-bond donors (Lipinski definition) is 0. The van der Waals surface area contributed by atoms with E-state index in [1.807, 2.05) is 24.3 Å². The van der Waals surface area contributed by atoms with E-state index in [4.69, 9.17) is 0 Å². The maximum Gasteiger partial charge on any atom is 0.175 e. The molecular formula is C13H12BrNO2S2. The highest BCUT2D eigenvalue weighted by Gasteiger charge is 2.06. The van der Waals surface area contributed by atoms with Gasteiger partial charge in [-0.05, 0) is 52.3 Å². The van der Waals surface area contributed by atoms with Crippen molar-refractivity contribution < 1.29 is 8.42 Å². The predicted octanol–water partition coefficient (Wildman–Crippen LogP) is 3.54. The van der Waals surface area contributed by atoms with Gasteiger partial charge < -0.3 is 0 Å². The largest absolute Gasteiger partial charge is 0.259 e. The van der Waals surface area contributed by atoms with Crippen LogP contribution in [0.4, 0.5) is 0 Å². The summed E-state index contributed by atoms with van der Waals surface area (Å²) in [4.78, 5) is 5.66. The fraction of sp³-hybridized carbons (Fsp3) is 0.154. The van der Waals surface area contributed by atoms with Crippen LogP contribution in [0.5, 0.6) is 0 Å². The maximum atomic E-state index is 11.3. The summed E-state index contributed by atoms with van der Waals surface area (Å²) < 4.78 is 23.6. The smallest absolute Gasteiger partial charge is 0.175 e. The molecule has 6 heteroatoms. The van der Waals surface area contributed by atoms with Crippen molar-refractivity contribution in [1.29, 1.82) is 0 Å². The van der Waals surface area contributed by atoms with Gasteiger partial charge in [0.1, 0.15) is 0 Å². The molecule has 0 unspecified atom stereocenters. The number of rotatable bonds is 4. The van der Waals surface area contributed by atoms with Crippen LogP contribution in [-0.4, -0.2) is 19.7 Å². The number of pyridine rings is 1. The van der Waals surface area contributed by atoms with Crippen LogP contribution in [0.25, 0.3) is 0 Å². The minimum absolute atomic E-state index is 0.346. The summed E-state index contributed by atoms with van der Waals surface area (Å²) >= 11 is 4.97. The van der Waals surface area contributed by atoms with Crippen LogP contribution in [0.1, 0.15) is 5.69 Å². The molecule has 0 fully saturated rings. The van der Waals surface area contributed by atoms with E-state index in [1.165, 1.54) is 6.26 Å². The number of nitrogens with zero attached hydrogens (tertiary/aromatic N) is 1. The molecule has 0 aliphatic carbocycles. The van der Waals surface area contributed by atoms with Crippen LogP contribution in [0, 0.1) is 0 Å². The molecule has 0 saturated heterocycles.